The van der Waals surface area contributed by atoms with Gasteiger partial charge in [0.1, 0.15) is 0 Å². The second-order valence-electron chi connectivity index (χ2n) is 4.01. The van der Waals surface area contributed by atoms with E-state index in [9.17, 15) is 0 Å². The Bertz CT molecular complexity index is 322. The summed E-state index contributed by atoms with van der Waals surface area (Å²) in [5.41, 5.74) is 14.0. The van der Waals surface area contributed by atoms with Crippen LogP contribution in [0.15, 0.2) is 24.3 Å². The average Bonchev–Trinajstić information content (AvgIpc) is 2.79. The number of nitrogens with two attached hydrogens (primary N) is 2. The highest BCUT2D eigenvalue weighted by molar-refractivity contribution is 5.45. The van der Waals surface area contributed by atoms with Gasteiger partial charge < -0.3 is 11.5 Å². The number of anilines is 1. The number of benzene rings is 1. The van der Waals surface area contributed by atoms with Crippen LogP contribution in [0, 0.1) is 0 Å². The SMILES string of the molecule is CC[C@]1(N)C[C@@H]1c1cccc(N)c1. The van der Waals surface area contributed by atoms with Gasteiger partial charge in [0.2, 0.25) is 0 Å². The molecule has 2 nitrogen and oxygen atoms in total. The Kier molecular flexibility index (Phi) is 1.81. The molecule has 1 aromatic rings. The van der Waals surface area contributed by atoms with Crippen molar-refractivity contribution in [2.75, 3.05) is 5.73 Å². The lowest BCUT2D eigenvalue weighted by atomic mass is 10.0. The Balaban J connectivity index is 2.20. The van der Waals surface area contributed by atoms with Gasteiger partial charge in [-0.2, -0.15) is 0 Å². The van der Waals surface area contributed by atoms with Crippen LogP contribution in [0.2, 0.25) is 0 Å². The van der Waals surface area contributed by atoms with Crippen LogP contribution in [0.1, 0.15) is 31.2 Å². The van der Waals surface area contributed by atoms with Crippen molar-refractivity contribution in [3.8, 4) is 0 Å². The molecule has 0 amide bonds. The molecule has 4 N–H and O–H groups in total. The molecule has 0 radical (unpaired) electrons. The van der Waals surface area contributed by atoms with Crippen LogP contribution in [0.3, 0.4) is 0 Å². The van der Waals surface area contributed by atoms with E-state index in [1.807, 2.05) is 18.2 Å². The molecule has 0 heterocycles. The lowest BCUT2D eigenvalue weighted by Crippen LogP contribution is -2.22. The maximum Gasteiger partial charge on any atom is 0.0316 e. The molecule has 0 aliphatic heterocycles. The van der Waals surface area contributed by atoms with Crippen LogP contribution >= 0.6 is 0 Å². The van der Waals surface area contributed by atoms with Gasteiger partial charge in [-0.3, -0.25) is 0 Å². The Morgan fingerprint density at radius 1 is 1.54 bits per heavy atom. The number of nitrogen functional groups attached to an aromatic ring is 1. The molecule has 1 aliphatic carbocycles. The maximum atomic E-state index is 6.13. The first-order chi connectivity index (χ1) is 6.15. The van der Waals surface area contributed by atoms with Gasteiger partial charge in [-0.25, -0.2) is 0 Å². The summed E-state index contributed by atoms with van der Waals surface area (Å²) < 4.78 is 0. The molecule has 2 rings (SSSR count). The van der Waals surface area contributed by atoms with Crippen LogP contribution < -0.4 is 11.5 Å². The first kappa shape index (κ1) is 8.57. The third-order valence-electron chi connectivity index (χ3n) is 3.09. The van der Waals surface area contributed by atoms with Crippen LogP contribution in [0.5, 0.6) is 0 Å². The summed E-state index contributed by atoms with van der Waals surface area (Å²) in [5, 5.41) is 0. The fourth-order valence-electron chi connectivity index (χ4n) is 1.94. The molecule has 2 atom stereocenters. The minimum atomic E-state index is 0.0494. The highest BCUT2D eigenvalue weighted by Crippen LogP contribution is 2.51. The second kappa shape index (κ2) is 2.74. The molecule has 1 fully saturated rings. The van der Waals surface area contributed by atoms with E-state index in [0.29, 0.717) is 5.92 Å². The van der Waals surface area contributed by atoms with E-state index in [1.54, 1.807) is 0 Å². The van der Waals surface area contributed by atoms with E-state index in [4.69, 9.17) is 11.5 Å². The third-order valence-corrected chi connectivity index (χ3v) is 3.09. The van der Waals surface area contributed by atoms with Crippen LogP contribution in [-0.4, -0.2) is 5.54 Å². The van der Waals surface area contributed by atoms with Crippen LogP contribution in [-0.2, 0) is 0 Å². The normalized spacial score (nSPS) is 31.7. The van der Waals surface area contributed by atoms with E-state index >= 15 is 0 Å². The molecular formula is C11H16N2. The zero-order valence-electron chi connectivity index (χ0n) is 7.96. The predicted molar refractivity (Wildman–Crippen MR) is 55.4 cm³/mol. The van der Waals surface area contributed by atoms with Gasteiger partial charge in [-0.1, -0.05) is 19.1 Å². The fraction of sp³-hybridized carbons (Fsp3) is 0.455. The van der Waals surface area contributed by atoms with Gasteiger partial charge in [0.15, 0.2) is 0 Å². The molecule has 13 heavy (non-hydrogen) atoms. The summed E-state index contributed by atoms with van der Waals surface area (Å²) >= 11 is 0. The summed E-state index contributed by atoms with van der Waals surface area (Å²) in [6, 6.07) is 8.06. The first-order valence-electron chi connectivity index (χ1n) is 4.80. The van der Waals surface area contributed by atoms with Crippen molar-refractivity contribution >= 4 is 5.69 Å². The van der Waals surface area contributed by atoms with E-state index in [2.05, 4.69) is 13.0 Å². The van der Waals surface area contributed by atoms with E-state index in [0.717, 1.165) is 18.5 Å². The van der Waals surface area contributed by atoms with E-state index in [-0.39, 0.29) is 5.54 Å². The van der Waals surface area contributed by atoms with Gasteiger partial charge in [-0.15, -0.1) is 0 Å². The highest BCUT2D eigenvalue weighted by atomic mass is 14.9. The maximum absolute atomic E-state index is 6.13. The Morgan fingerprint density at radius 2 is 2.31 bits per heavy atom. The zero-order valence-corrected chi connectivity index (χ0v) is 7.96. The average molecular weight is 176 g/mol. The topological polar surface area (TPSA) is 52.0 Å². The van der Waals surface area contributed by atoms with Crippen molar-refractivity contribution in [2.45, 2.75) is 31.2 Å². The summed E-state index contributed by atoms with van der Waals surface area (Å²) in [4.78, 5) is 0. The molecule has 0 unspecified atom stereocenters. The van der Waals surface area contributed by atoms with Crippen molar-refractivity contribution in [2.24, 2.45) is 5.73 Å². The minimum Gasteiger partial charge on any atom is -0.399 e. The summed E-state index contributed by atoms with van der Waals surface area (Å²) in [6.45, 7) is 2.15. The third kappa shape index (κ3) is 1.42. The molecule has 1 saturated carbocycles. The second-order valence-corrected chi connectivity index (χ2v) is 4.01. The number of hydrogen-bond donors (Lipinski definition) is 2. The summed E-state index contributed by atoms with van der Waals surface area (Å²) in [7, 11) is 0. The minimum absolute atomic E-state index is 0.0494. The smallest absolute Gasteiger partial charge is 0.0316 e. The molecule has 0 saturated heterocycles. The Labute approximate surface area is 78.9 Å². The molecule has 1 aliphatic rings. The van der Waals surface area contributed by atoms with Crippen molar-refractivity contribution in [1.82, 2.24) is 0 Å². The molecule has 1 aromatic carbocycles. The molecular weight excluding hydrogens is 160 g/mol. The van der Waals surface area contributed by atoms with Gasteiger partial charge in [-0.05, 0) is 30.5 Å². The van der Waals surface area contributed by atoms with Crippen LogP contribution in [0.4, 0.5) is 5.69 Å². The number of rotatable bonds is 2. The lowest BCUT2D eigenvalue weighted by Gasteiger charge is -2.07. The summed E-state index contributed by atoms with van der Waals surface area (Å²) in [6.07, 6.45) is 2.15. The van der Waals surface area contributed by atoms with Crippen LogP contribution in [0.25, 0.3) is 0 Å². The van der Waals surface area contributed by atoms with E-state index < -0.39 is 0 Å². The molecule has 70 valence electrons. The highest BCUT2D eigenvalue weighted by Gasteiger charge is 2.49. The van der Waals surface area contributed by atoms with E-state index in [1.165, 1.54) is 5.56 Å². The molecule has 0 aromatic heterocycles. The van der Waals surface area contributed by atoms with Crippen molar-refractivity contribution in [3.05, 3.63) is 29.8 Å². The molecule has 0 spiro atoms. The number of hydrogen-bond acceptors (Lipinski definition) is 2. The fourth-order valence-corrected chi connectivity index (χ4v) is 1.94. The standard InChI is InChI=1S/C11H16N2/c1-2-11(13)7-10(11)8-4-3-5-9(12)6-8/h3-6,10H,2,7,12-13H2,1H3/t10-,11+/m1/s1. The van der Waals surface area contributed by atoms with Gasteiger partial charge in [0, 0.05) is 17.1 Å². The van der Waals surface area contributed by atoms with Gasteiger partial charge in [0.05, 0.1) is 0 Å². The van der Waals surface area contributed by atoms with Gasteiger partial charge in [0.25, 0.3) is 0 Å². The molecule has 2 heteroatoms. The Hall–Kier alpha value is -1.02. The first-order valence-corrected chi connectivity index (χ1v) is 4.80. The molecule has 0 bridgehead atoms. The monoisotopic (exact) mass is 176 g/mol. The zero-order chi connectivity index (χ0) is 9.47. The van der Waals surface area contributed by atoms with Crippen molar-refractivity contribution in [3.63, 3.8) is 0 Å². The predicted octanol–water partition coefficient (Wildman–Crippen LogP) is 1.86. The Morgan fingerprint density at radius 3 is 2.85 bits per heavy atom. The van der Waals surface area contributed by atoms with Crippen molar-refractivity contribution in [1.29, 1.82) is 0 Å². The largest absolute Gasteiger partial charge is 0.399 e. The lowest BCUT2D eigenvalue weighted by molar-refractivity contribution is 0.626. The van der Waals surface area contributed by atoms with Crippen molar-refractivity contribution < 1.29 is 0 Å². The van der Waals surface area contributed by atoms with Gasteiger partial charge >= 0.3 is 0 Å². The summed E-state index contributed by atoms with van der Waals surface area (Å²) in [5.74, 6) is 0.529. The quantitative estimate of drug-likeness (QED) is 0.676.